The van der Waals surface area contributed by atoms with Crippen molar-refractivity contribution in [2.75, 3.05) is 11.9 Å². The molecule has 1 saturated heterocycles. The number of amides is 1. The number of anilines is 1. The van der Waals surface area contributed by atoms with Crippen LogP contribution in [0.25, 0.3) is 0 Å². The van der Waals surface area contributed by atoms with Crippen LogP contribution in [0.2, 0.25) is 0 Å². The van der Waals surface area contributed by atoms with Crippen molar-refractivity contribution in [1.29, 1.82) is 0 Å². The highest BCUT2D eigenvalue weighted by Crippen LogP contribution is 2.22. The van der Waals surface area contributed by atoms with Gasteiger partial charge in [0, 0.05) is 5.69 Å². The van der Waals surface area contributed by atoms with E-state index in [4.69, 9.17) is 9.88 Å². The first kappa shape index (κ1) is 14.9. The van der Waals surface area contributed by atoms with Gasteiger partial charge in [0.15, 0.2) is 0 Å². The lowest BCUT2D eigenvalue weighted by atomic mass is 10.1. The SMILES string of the molecule is CC1CC(C(=O)Nc2cc(F)cc(S(N)(=O)=O)c2)CO1. The average molecular weight is 302 g/mol. The number of nitrogens with one attached hydrogen (secondary N) is 1. The summed E-state index contributed by atoms with van der Waals surface area (Å²) in [5.41, 5.74) is 0.0542. The van der Waals surface area contributed by atoms with E-state index in [-0.39, 0.29) is 28.5 Å². The summed E-state index contributed by atoms with van der Waals surface area (Å²) in [7, 11) is -4.03. The summed E-state index contributed by atoms with van der Waals surface area (Å²) < 4.78 is 41.0. The van der Waals surface area contributed by atoms with E-state index in [1.54, 1.807) is 0 Å². The van der Waals surface area contributed by atoms with Crippen LogP contribution in [0.5, 0.6) is 0 Å². The van der Waals surface area contributed by atoms with Gasteiger partial charge in [0.1, 0.15) is 5.82 Å². The number of hydrogen-bond acceptors (Lipinski definition) is 4. The Hall–Kier alpha value is -1.51. The van der Waals surface area contributed by atoms with Crippen LogP contribution in [0.15, 0.2) is 23.1 Å². The third kappa shape index (κ3) is 3.53. The molecule has 0 spiro atoms. The fourth-order valence-corrected chi connectivity index (χ4v) is 2.61. The predicted molar refractivity (Wildman–Crippen MR) is 69.9 cm³/mol. The Labute approximate surface area is 116 Å². The van der Waals surface area contributed by atoms with E-state index in [0.29, 0.717) is 13.0 Å². The predicted octanol–water partition coefficient (Wildman–Crippen LogP) is 0.837. The number of benzene rings is 1. The Bertz CT molecular complexity index is 632. The Morgan fingerprint density at radius 3 is 2.70 bits per heavy atom. The van der Waals surface area contributed by atoms with Gasteiger partial charge in [-0.2, -0.15) is 0 Å². The summed E-state index contributed by atoms with van der Waals surface area (Å²) in [6, 6.07) is 2.95. The van der Waals surface area contributed by atoms with Crippen LogP contribution in [0, 0.1) is 11.7 Å². The van der Waals surface area contributed by atoms with Gasteiger partial charge in [-0.15, -0.1) is 0 Å². The second kappa shape index (κ2) is 5.47. The summed E-state index contributed by atoms with van der Waals surface area (Å²) in [6.07, 6.45) is 0.571. The fraction of sp³-hybridized carbons (Fsp3) is 0.417. The number of halogens is 1. The number of nitrogens with two attached hydrogens (primary N) is 1. The zero-order chi connectivity index (χ0) is 14.9. The van der Waals surface area contributed by atoms with Crippen LogP contribution in [0.1, 0.15) is 13.3 Å². The molecule has 1 amide bonds. The molecule has 2 atom stereocenters. The molecular weight excluding hydrogens is 287 g/mol. The van der Waals surface area contributed by atoms with Crippen molar-refractivity contribution in [2.45, 2.75) is 24.3 Å². The molecule has 2 rings (SSSR count). The zero-order valence-electron chi connectivity index (χ0n) is 10.8. The van der Waals surface area contributed by atoms with E-state index in [0.717, 1.165) is 18.2 Å². The molecule has 0 aromatic heterocycles. The number of carbonyl (C=O) groups excluding carboxylic acids is 1. The van der Waals surface area contributed by atoms with E-state index in [2.05, 4.69) is 5.32 Å². The first-order chi connectivity index (χ1) is 9.25. The number of ether oxygens (including phenoxy) is 1. The minimum Gasteiger partial charge on any atom is -0.378 e. The molecule has 1 aromatic carbocycles. The lowest BCUT2D eigenvalue weighted by Gasteiger charge is -2.10. The van der Waals surface area contributed by atoms with Crippen molar-refractivity contribution in [2.24, 2.45) is 11.1 Å². The first-order valence-electron chi connectivity index (χ1n) is 6.01. The van der Waals surface area contributed by atoms with Gasteiger partial charge in [0.2, 0.25) is 15.9 Å². The molecule has 1 aromatic rings. The summed E-state index contributed by atoms with van der Waals surface area (Å²) >= 11 is 0. The van der Waals surface area contributed by atoms with Crippen molar-refractivity contribution >= 4 is 21.6 Å². The third-order valence-electron chi connectivity index (χ3n) is 3.04. The highest BCUT2D eigenvalue weighted by atomic mass is 32.2. The van der Waals surface area contributed by atoms with E-state index < -0.39 is 15.8 Å². The zero-order valence-corrected chi connectivity index (χ0v) is 11.6. The van der Waals surface area contributed by atoms with Crippen LogP contribution in [0.4, 0.5) is 10.1 Å². The van der Waals surface area contributed by atoms with Crippen LogP contribution in [-0.2, 0) is 19.6 Å². The van der Waals surface area contributed by atoms with Crippen LogP contribution in [0.3, 0.4) is 0 Å². The van der Waals surface area contributed by atoms with Gasteiger partial charge in [-0.1, -0.05) is 0 Å². The number of rotatable bonds is 3. The maximum Gasteiger partial charge on any atom is 0.238 e. The van der Waals surface area contributed by atoms with E-state index in [9.17, 15) is 17.6 Å². The van der Waals surface area contributed by atoms with Gasteiger partial charge in [0.25, 0.3) is 0 Å². The van der Waals surface area contributed by atoms with Crippen molar-refractivity contribution in [3.63, 3.8) is 0 Å². The summed E-state index contributed by atoms with van der Waals surface area (Å²) in [4.78, 5) is 11.6. The molecule has 1 heterocycles. The number of hydrogen-bond donors (Lipinski definition) is 2. The van der Waals surface area contributed by atoms with Gasteiger partial charge in [-0.25, -0.2) is 17.9 Å². The summed E-state index contributed by atoms with van der Waals surface area (Å²) in [5.74, 6) is -1.45. The van der Waals surface area contributed by atoms with Crippen LogP contribution >= 0.6 is 0 Å². The number of carbonyl (C=O) groups is 1. The molecule has 8 heteroatoms. The molecule has 3 N–H and O–H groups in total. The van der Waals surface area contributed by atoms with Gasteiger partial charge in [0.05, 0.1) is 23.5 Å². The van der Waals surface area contributed by atoms with Crippen LogP contribution < -0.4 is 10.5 Å². The lowest BCUT2D eigenvalue weighted by Crippen LogP contribution is -2.23. The monoisotopic (exact) mass is 302 g/mol. The van der Waals surface area contributed by atoms with E-state index >= 15 is 0 Å². The van der Waals surface area contributed by atoms with Crippen molar-refractivity contribution in [3.05, 3.63) is 24.0 Å². The Morgan fingerprint density at radius 2 is 2.15 bits per heavy atom. The fourth-order valence-electron chi connectivity index (χ4n) is 2.04. The quantitative estimate of drug-likeness (QED) is 0.864. The smallest absolute Gasteiger partial charge is 0.238 e. The topological polar surface area (TPSA) is 98.5 Å². The van der Waals surface area contributed by atoms with Gasteiger partial charge >= 0.3 is 0 Å². The highest BCUT2D eigenvalue weighted by molar-refractivity contribution is 7.89. The molecule has 0 saturated carbocycles. The molecule has 1 fully saturated rings. The van der Waals surface area contributed by atoms with E-state index in [1.807, 2.05) is 6.92 Å². The van der Waals surface area contributed by atoms with Crippen molar-refractivity contribution in [1.82, 2.24) is 0 Å². The van der Waals surface area contributed by atoms with Gasteiger partial charge in [-0.05, 0) is 31.5 Å². The van der Waals surface area contributed by atoms with Crippen molar-refractivity contribution < 1.29 is 22.3 Å². The minimum atomic E-state index is -4.03. The molecule has 0 aliphatic carbocycles. The average Bonchev–Trinajstić information content (AvgIpc) is 2.74. The Balaban J connectivity index is 2.17. The van der Waals surface area contributed by atoms with Crippen LogP contribution in [-0.4, -0.2) is 27.0 Å². The lowest BCUT2D eigenvalue weighted by molar-refractivity contribution is -0.119. The standard InChI is InChI=1S/C12H15FN2O4S/c1-7-2-8(6-19-7)12(16)15-10-3-9(13)4-11(5-10)20(14,17)18/h3-5,7-8H,2,6H2,1H3,(H,15,16)(H2,14,17,18). The number of sulfonamides is 1. The number of primary sulfonamides is 1. The maximum atomic E-state index is 13.4. The minimum absolute atomic E-state index is 0.00163. The second-order valence-corrected chi connectivity index (χ2v) is 6.35. The second-order valence-electron chi connectivity index (χ2n) is 4.79. The third-order valence-corrected chi connectivity index (χ3v) is 3.93. The largest absolute Gasteiger partial charge is 0.378 e. The normalized spacial score (nSPS) is 22.8. The molecule has 0 radical (unpaired) electrons. The molecule has 2 unspecified atom stereocenters. The molecule has 0 bridgehead atoms. The maximum absolute atomic E-state index is 13.4. The first-order valence-corrected chi connectivity index (χ1v) is 7.56. The molecule has 1 aliphatic rings. The highest BCUT2D eigenvalue weighted by Gasteiger charge is 2.28. The van der Waals surface area contributed by atoms with Gasteiger partial charge in [-0.3, -0.25) is 4.79 Å². The molecular formula is C12H15FN2O4S. The Kier molecular flexibility index (Phi) is 4.07. The van der Waals surface area contributed by atoms with Crippen molar-refractivity contribution in [3.8, 4) is 0 Å². The summed E-state index contributed by atoms with van der Waals surface area (Å²) in [5, 5.41) is 7.42. The summed E-state index contributed by atoms with van der Waals surface area (Å²) in [6.45, 7) is 2.15. The molecule has 110 valence electrons. The van der Waals surface area contributed by atoms with E-state index in [1.165, 1.54) is 0 Å². The molecule has 6 nitrogen and oxygen atoms in total. The molecule has 20 heavy (non-hydrogen) atoms. The Morgan fingerprint density at radius 1 is 1.45 bits per heavy atom. The van der Waals surface area contributed by atoms with Gasteiger partial charge < -0.3 is 10.1 Å². The molecule has 1 aliphatic heterocycles.